The topological polar surface area (TPSA) is 40.2 Å². The van der Waals surface area contributed by atoms with E-state index in [0.29, 0.717) is 0 Å². The average molecular weight is 1100 g/mol. The molecule has 0 heterocycles. The normalized spacial score (nSPS) is 12.0. The van der Waals surface area contributed by atoms with Crippen LogP contribution in [0.15, 0.2) is 0 Å². The molecule has 0 saturated heterocycles. The molecule has 0 spiro atoms. The molecule has 0 saturated carbocycles. The Labute approximate surface area is 477 Å². The largest absolute Gasteiger partial charge is 0.333 e. The van der Waals surface area contributed by atoms with Gasteiger partial charge in [0.25, 0.3) is 0 Å². The predicted molar refractivity (Wildman–Crippen MR) is 341 cm³/mol. The van der Waals surface area contributed by atoms with Crippen molar-refractivity contribution < 1.29 is 18.1 Å². The molecule has 0 aromatic rings. The van der Waals surface area contributed by atoms with E-state index in [1.807, 2.05) is 0 Å². The second kappa shape index (κ2) is 68.9. The summed E-state index contributed by atoms with van der Waals surface area (Å²) >= 11 is 0. The van der Waals surface area contributed by atoms with Gasteiger partial charge < -0.3 is 18.1 Å². The van der Waals surface area contributed by atoms with Crippen LogP contribution in [0.5, 0.6) is 0 Å². The van der Waals surface area contributed by atoms with Crippen LogP contribution in [0.1, 0.15) is 394 Å². The van der Waals surface area contributed by atoms with Crippen LogP contribution in [0, 0.1) is 0 Å². The Hall–Kier alpha value is 0.660. The van der Waals surface area contributed by atoms with Gasteiger partial charge in [-0.3, -0.25) is 4.90 Å². The summed E-state index contributed by atoms with van der Waals surface area (Å²) in [6.45, 7) is 15.9. The van der Waals surface area contributed by atoms with Gasteiger partial charge in [0.1, 0.15) is 0 Å². The lowest BCUT2D eigenvalue weighted by molar-refractivity contribution is 0.211. The third kappa shape index (κ3) is 63.7. The van der Waals surface area contributed by atoms with Crippen LogP contribution in [-0.2, 0) is 18.1 Å². The minimum atomic E-state index is -0.962. The molecule has 0 N–H and O–H groups in total. The second-order valence-electron chi connectivity index (χ2n) is 23.7. The van der Waals surface area contributed by atoms with Gasteiger partial charge in [-0.2, -0.15) is 0 Å². The molecule has 0 aromatic heterocycles. The maximum Gasteiger partial charge on any atom is 0.185 e. The van der Waals surface area contributed by atoms with Crippen LogP contribution in [0.2, 0.25) is 0 Å². The zero-order valence-corrected chi connectivity index (χ0v) is 54.3. The summed E-state index contributed by atoms with van der Waals surface area (Å²) in [5.41, 5.74) is 0. The van der Waals surface area contributed by atoms with E-state index in [1.54, 1.807) is 0 Å². The Bertz CT molecular complexity index is 851. The Morgan fingerprint density at radius 2 is 0.320 bits per heavy atom. The summed E-state index contributed by atoms with van der Waals surface area (Å²) in [6, 6.07) is 0. The fourth-order valence-electron chi connectivity index (χ4n) is 10.7. The predicted octanol–water partition coefficient (Wildman–Crippen LogP) is 25.8. The van der Waals surface area contributed by atoms with Crippen molar-refractivity contribution >= 4 is 16.8 Å². The quantitative estimate of drug-likeness (QED) is 0.0448. The summed E-state index contributed by atoms with van der Waals surface area (Å²) in [5.74, 6) is 0. The Morgan fingerprint density at radius 1 is 0.187 bits per heavy atom. The second-order valence-corrected chi connectivity index (χ2v) is 26.6. The lowest BCUT2D eigenvalue weighted by Crippen LogP contribution is -2.26. The molecule has 0 atom stereocenters. The molecule has 0 unspecified atom stereocenters. The fraction of sp³-hybridized carbons (Fsp3) is 1.00. The van der Waals surface area contributed by atoms with Gasteiger partial charge >= 0.3 is 0 Å². The van der Waals surface area contributed by atoms with Crippen molar-refractivity contribution in [1.82, 2.24) is 4.90 Å². The Morgan fingerprint density at radius 3 is 0.453 bits per heavy atom. The number of unbranched alkanes of at least 4 members (excludes halogenated alkanes) is 52. The Balaban J connectivity index is 5.00. The van der Waals surface area contributed by atoms with Crippen LogP contribution < -0.4 is 0 Å². The molecule has 0 aliphatic rings. The number of hydrogen-bond donors (Lipinski definition) is 0. The smallest absolute Gasteiger partial charge is 0.185 e. The van der Waals surface area contributed by atoms with Crippen LogP contribution in [0.3, 0.4) is 0 Å². The highest BCUT2D eigenvalue weighted by molar-refractivity contribution is 7.48. The van der Waals surface area contributed by atoms with Gasteiger partial charge in [0.15, 0.2) is 16.8 Å². The van der Waals surface area contributed by atoms with Crippen LogP contribution in [0.25, 0.3) is 0 Å². The zero-order valence-electron chi connectivity index (χ0n) is 52.5. The number of rotatable bonds is 69. The molecule has 7 heteroatoms. The third-order valence-corrected chi connectivity index (χ3v) is 19.2. The van der Waals surface area contributed by atoms with Gasteiger partial charge in [0.2, 0.25) is 0 Å². The summed E-state index contributed by atoms with van der Waals surface area (Å²) < 4.78 is 26.8. The summed E-state index contributed by atoms with van der Waals surface area (Å²) in [7, 11) is -1.92. The van der Waals surface area contributed by atoms with Crippen molar-refractivity contribution in [1.29, 1.82) is 0 Å². The molecule has 0 fully saturated rings. The molecule has 0 bridgehead atoms. The molecule has 75 heavy (non-hydrogen) atoms. The highest BCUT2D eigenvalue weighted by atomic mass is 31.2. The van der Waals surface area contributed by atoms with Crippen molar-refractivity contribution in [3.05, 3.63) is 0 Å². The van der Waals surface area contributed by atoms with Crippen molar-refractivity contribution in [3.8, 4) is 0 Å². The van der Waals surface area contributed by atoms with Crippen molar-refractivity contribution in [3.63, 3.8) is 0 Å². The van der Waals surface area contributed by atoms with E-state index in [9.17, 15) is 0 Å². The van der Waals surface area contributed by atoms with E-state index in [1.165, 1.54) is 334 Å². The first-order valence-corrected chi connectivity index (χ1v) is 37.7. The van der Waals surface area contributed by atoms with Gasteiger partial charge in [0.05, 0.1) is 39.0 Å². The average Bonchev–Trinajstić information content (AvgIpc) is 3.42. The van der Waals surface area contributed by atoms with E-state index in [-0.39, 0.29) is 0 Å². The van der Waals surface area contributed by atoms with Crippen molar-refractivity contribution in [2.24, 2.45) is 0 Å². The van der Waals surface area contributed by atoms with Gasteiger partial charge in [-0.15, -0.1) is 0 Å². The van der Waals surface area contributed by atoms with Crippen LogP contribution >= 0.6 is 16.8 Å². The molecule has 0 rings (SSSR count). The maximum atomic E-state index is 6.69. The molecule has 452 valence electrons. The lowest BCUT2D eigenvalue weighted by Gasteiger charge is -2.29. The molecule has 0 radical (unpaired) electrons. The standard InChI is InChI=1S/C68H141NO4P2/c1-6-11-15-19-23-27-31-35-39-43-47-51-55-59-63-70-74(71-64-60-56-52-48-44-40-36-32-28-24-20-16-12-7-2)67-69(10-5)68-75(72-65-61-57-53-49-45-41-37-33-29-25-21-17-13-8-3)73-66-62-58-54-50-46-42-38-34-30-26-22-18-14-9-4/h6-68H2,1-5H3. The molecule has 0 aliphatic heterocycles. The highest BCUT2D eigenvalue weighted by Crippen LogP contribution is 2.44. The van der Waals surface area contributed by atoms with Crippen LogP contribution in [0.4, 0.5) is 0 Å². The van der Waals surface area contributed by atoms with Gasteiger partial charge in [-0.05, 0) is 32.2 Å². The molecule has 0 amide bonds. The van der Waals surface area contributed by atoms with Gasteiger partial charge in [0, 0.05) is 0 Å². The lowest BCUT2D eigenvalue weighted by atomic mass is 10.0. The third-order valence-electron chi connectivity index (χ3n) is 16.0. The highest BCUT2D eigenvalue weighted by Gasteiger charge is 2.21. The van der Waals surface area contributed by atoms with Gasteiger partial charge in [-0.1, -0.05) is 369 Å². The Kier molecular flexibility index (Phi) is 69.5. The fourth-order valence-corrected chi connectivity index (χ4v) is 13.9. The molecule has 0 aromatic carbocycles. The van der Waals surface area contributed by atoms with Gasteiger partial charge in [-0.25, -0.2) is 0 Å². The summed E-state index contributed by atoms with van der Waals surface area (Å²) in [6.07, 6.45) is 79.4. The molecular formula is C68H141NO4P2. The molecule has 0 aliphatic carbocycles. The van der Waals surface area contributed by atoms with E-state index in [2.05, 4.69) is 39.5 Å². The van der Waals surface area contributed by atoms with E-state index >= 15 is 0 Å². The SMILES string of the molecule is CCCCCCCCCCCCCCCCOP(CN(CC)CP(OCCCCCCCCCCCCCCCC)OCCCCCCCCCCCCCCCC)OCCCCCCCCCCCCCCCC. The van der Waals surface area contributed by atoms with E-state index in [0.717, 1.165) is 71.2 Å². The van der Waals surface area contributed by atoms with E-state index < -0.39 is 16.8 Å². The molecular weight excluding hydrogens is 957 g/mol. The van der Waals surface area contributed by atoms with E-state index in [4.69, 9.17) is 18.1 Å². The monoisotopic (exact) mass is 1100 g/mol. The summed E-state index contributed by atoms with van der Waals surface area (Å²) in [4.78, 5) is 2.55. The molecule has 5 nitrogen and oxygen atoms in total. The first-order chi connectivity index (χ1) is 37.2. The van der Waals surface area contributed by atoms with Crippen molar-refractivity contribution in [2.75, 3.05) is 45.5 Å². The minimum Gasteiger partial charge on any atom is -0.333 e. The first kappa shape index (κ1) is 75.7. The first-order valence-electron chi connectivity index (χ1n) is 35.0. The number of nitrogens with zero attached hydrogens (tertiary/aromatic N) is 1. The van der Waals surface area contributed by atoms with Crippen molar-refractivity contribution in [2.45, 2.75) is 394 Å². The van der Waals surface area contributed by atoms with Crippen LogP contribution in [-0.4, -0.2) is 50.4 Å². The number of hydrogen-bond acceptors (Lipinski definition) is 5. The zero-order chi connectivity index (χ0) is 54.1. The summed E-state index contributed by atoms with van der Waals surface area (Å²) in [5, 5.41) is 0. The maximum absolute atomic E-state index is 6.69. The minimum absolute atomic E-state index is 0.833.